The normalized spacial score (nSPS) is 20.2. The summed E-state index contributed by atoms with van der Waals surface area (Å²) in [4.78, 5) is 0. The van der Waals surface area contributed by atoms with Crippen LogP contribution in [0, 0.1) is 0 Å². The van der Waals surface area contributed by atoms with E-state index in [2.05, 4.69) is 4.72 Å². The fourth-order valence-corrected chi connectivity index (χ4v) is 5.81. The van der Waals surface area contributed by atoms with E-state index in [1.54, 1.807) is 12.1 Å². The van der Waals surface area contributed by atoms with Crippen LogP contribution in [-0.2, 0) is 10.0 Å². The molecule has 0 saturated heterocycles. The van der Waals surface area contributed by atoms with Crippen LogP contribution in [0.1, 0.15) is 70.6 Å². The fraction of sp³-hybridized carbons (Fsp3) is 0.750. The van der Waals surface area contributed by atoms with Crippen LogP contribution in [0.3, 0.4) is 0 Å². The Morgan fingerprint density at radius 2 is 1.41 bits per heavy atom. The maximum Gasteiger partial charge on any atom is 0.250 e. The van der Waals surface area contributed by atoms with E-state index in [0.29, 0.717) is 8.55 Å². The van der Waals surface area contributed by atoms with E-state index in [-0.39, 0.29) is 6.04 Å². The van der Waals surface area contributed by atoms with Gasteiger partial charge in [-0.2, -0.15) is 0 Å². The van der Waals surface area contributed by atoms with Gasteiger partial charge in [0.1, 0.15) is 4.21 Å². The second kappa shape index (κ2) is 9.26. The summed E-state index contributed by atoms with van der Waals surface area (Å²) in [6.45, 7) is 0. The molecule has 0 amide bonds. The van der Waals surface area contributed by atoms with Crippen LogP contribution in [0.5, 0.6) is 0 Å². The number of hydrogen-bond acceptors (Lipinski definition) is 3. The van der Waals surface area contributed by atoms with Crippen LogP contribution in [0.4, 0.5) is 0 Å². The van der Waals surface area contributed by atoms with Gasteiger partial charge in [0.15, 0.2) is 0 Å². The highest BCUT2D eigenvalue weighted by Gasteiger charge is 2.21. The highest BCUT2D eigenvalue weighted by Crippen LogP contribution is 2.26. The molecule has 0 unspecified atom stereocenters. The van der Waals surface area contributed by atoms with Gasteiger partial charge in [0, 0.05) is 6.04 Å². The summed E-state index contributed by atoms with van der Waals surface area (Å²) in [7, 11) is -3.42. The first-order chi connectivity index (χ1) is 10.6. The zero-order valence-corrected chi connectivity index (χ0v) is 15.4. The molecule has 126 valence electrons. The Balaban J connectivity index is 1.94. The molecule has 0 bridgehead atoms. The lowest BCUT2D eigenvalue weighted by Gasteiger charge is -2.19. The second-order valence-corrected chi connectivity index (χ2v) is 9.79. The minimum absolute atomic E-state index is 0.0605. The zero-order valence-electron chi connectivity index (χ0n) is 13.0. The number of hydrogen-bond donors (Lipinski definition) is 1. The van der Waals surface area contributed by atoms with Crippen molar-refractivity contribution in [2.24, 2.45) is 0 Å². The van der Waals surface area contributed by atoms with E-state index >= 15 is 0 Å². The van der Waals surface area contributed by atoms with Gasteiger partial charge in [-0.05, 0) is 25.0 Å². The Kier molecular flexibility index (Phi) is 7.68. The molecule has 0 aliphatic heterocycles. The summed E-state index contributed by atoms with van der Waals surface area (Å²) < 4.78 is 28.6. The lowest BCUT2D eigenvalue weighted by Crippen LogP contribution is -2.34. The minimum Gasteiger partial charge on any atom is -0.207 e. The van der Waals surface area contributed by atoms with Gasteiger partial charge in [-0.25, -0.2) is 13.1 Å². The molecule has 0 aromatic carbocycles. The van der Waals surface area contributed by atoms with Crippen molar-refractivity contribution in [3.63, 3.8) is 0 Å². The first-order valence-electron chi connectivity index (χ1n) is 8.35. The number of rotatable bonds is 3. The molecule has 6 heteroatoms. The Morgan fingerprint density at radius 3 is 1.86 bits per heavy atom. The molecule has 1 saturated carbocycles. The molecule has 1 aromatic rings. The minimum atomic E-state index is -3.42. The second-order valence-electron chi connectivity index (χ2n) is 6.14. The van der Waals surface area contributed by atoms with Gasteiger partial charge < -0.3 is 0 Å². The Bertz CT molecular complexity index is 530. The third-order valence-electron chi connectivity index (χ3n) is 4.24. The van der Waals surface area contributed by atoms with Crippen molar-refractivity contribution in [3.8, 4) is 0 Å². The van der Waals surface area contributed by atoms with E-state index in [0.717, 1.165) is 37.0 Å². The molecule has 0 radical (unpaired) electrons. The van der Waals surface area contributed by atoms with Crippen molar-refractivity contribution in [2.75, 3.05) is 0 Å². The van der Waals surface area contributed by atoms with Crippen molar-refractivity contribution in [1.82, 2.24) is 4.72 Å². The highest BCUT2D eigenvalue weighted by molar-refractivity contribution is 7.91. The van der Waals surface area contributed by atoms with Crippen LogP contribution in [-0.4, -0.2) is 14.5 Å². The van der Waals surface area contributed by atoms with E-state index in [1.807, 2.05) is 0 Å². The summed E-state index contributed by atoms with van der Waals surface area (Å²) in [6, 6.07) is 3.29. The third kappa shape index (κ3) is 6.19. The highest BCUT2D eigenvalue weighted by atomic mass is 35.5. The van der Waals surface area contributed by atoms with Crippen molar-refractivity contribution in [1.29, 1.82) is 0 Å². The Morgan fingerprint density at radius 1 is 0.909 bits per heavy atom. The third-order valence-corrected chi connectivity index (χ3v) is 7.48. The van der Waals surface area contributed by atoms with Gasteiger partial charge in [-0.1, -0.05) is 69.4 Å². The molecule has 1 aliphatic carbocycles. The summed E-state index contributed by atoms with van der Waals surface area (Å²) in [5, 5.41) is 0. The molecule has 22 heavy (non-hydrogen) atoms. The number of nitrogens with one attached hydrogen (secondary N) is 1. The molecule has 1 N–H and O–H groups in total. The summed E-state index contributed by atoms with van der Waals surface area (Å²) in [5.74, 6) is 0. The summed E-state index contributed by atoms with van der Waals surface area (Å²) >= 11 is 6.98. The van der Waals surface area contributed by atoms with Crippen molar-refractivity contribution >= 4 is 33.0 Å². The van der Waals surface area contributed by atoms with Crippen LogP contribution >= 0.6 is 22.9 Å². The van der Waals surface area contributed by atoms with Gasteiger partial charge in [-0.15, -0.1) is 11.3 Å². The SMILES string of the molecule is O=S(=O)(NC1CCCCCCCCCCC1)c1ccc(Cl)s1. The van der Waals surface area contributed by atoms with Gasteiger partial charge in [0.2, 0.25) is 10.0 Å². The standard InChI is InChI=1S/C16H26ClNO2S2/c17-15-12-13-16(21-15)22(19,20)18-14-10-8-6-4-2-1-3-5-7-9-11-14/h12-14,18H,1-11H2. The first kappa shape index (κ1) is 18.2. The molecule has 1 fully saturated rings. The van der Waals surface area contributed by atoms with Crippen LogP contribution < -0.4 is 4.72 Å². The Hall–Kier alpha value is -0.100. The molecule has 0 spiro atoms. The summed E-state index contributed by atoms with van der Waals surface area (Å²) in [6.07, 6.45) is 13.1. The monoisotopic (exact) mass is 363 g/mol. The van der Waals surface area contributed by atoms with Gasteiger partial charge >= 0.3 is 0 Å². The molecule has 1 aliphatic rings. The Labute approximate surface area is 143 Å². The molecule has 3 nitrogen and oxygen atoms in total. The van der Waals surface area contributed by atoms with Crippen molar-refractivity contribution in [2.45, 2.75) is 80.9 Å². The predicted octanol–water partition coefficient (Wildman–Crippen LogP) is 5.35. The first-order valence-corrected chi connectivity index (χ1v) is 11.0. The van der Waals surface area contributed by atoms with E-state index in [1.165, 1.54) is 44.9 Å². The topological polar surface area (TPSA) is 46.2 Å². The zero-order chi connectivity index (χ0) is 15.8. The van der Waals surface area contributed by atoms with Crippen LogP contribution in [0.2, 0.25) is 4.34 Å². The smallest absolute Gasteiger partial charge is 0.207 e. The molecule has 1 aromatic heterocycles. The van der Waals surface area contributed by atoms with Crippen molar-refractivity contribution < 1.29 is 8.42 Å². The van der Waals surface area contributed by atoms with E-state index in [9.17, 15) is 8.42 Å². The quantitative estimate of drug-likeness (QED) is 0.786. The largest absolute Gasteiger partial charge is 0.250 e. The lowest BCUT2D eigenvalue weighted by atomic mass is 9.98. The van der Waals surface area contributed by atoms with Gasteiger partial charge in [0.05, 0.1) is 4.34 Å². The molecule has 2 rings (SSSR count). The number of halogens is 1. The summed E-state index contributed by atoms with van der Waals surface area (Å²) in [5.41, 5.74) is 0. The number of sulfonamides is 1. The molecule has 1 heterocycles. The maximum atomic E-state index is 12.4. The van der Waals surface area contributed by atoms with Crippen LogP contribution in [0.25, 0.3) is 0 Å². The van der Waals surface area contributed by atoms with Crippen LogP contribution in [0.15, 0.2) is 16.3 Å². The van der Waals surface area contributed by atoms with E-state index < -0.39 is 10.0 Å². The van der Waals surface area contributed by atoms with Gasteiger partial charge in [0.25, 0.3) is 0 Å². The number of thiophene rings is 1. The lowest BCUT2D eigenvalue weighted by molar-refractivity contribution is 0.440. The van der Waals surface area contributed by atoms with E-state index in [4.69, 9.17) is 11.6 Å². The molecule has 0 atom stereocenters. The molecular weight excluding hydrogens is 338 g/mol. The molecular formula is C16H26ClNO2S2. The van der Waals surface area contributed by atoms with Crippen molar-refractivity contribution in [3.05, 3.63) is 16.5 Å². The maximum absolute atomic E-state index is 12.4. The average molecular weight is 364 g/mol. The fourth-order valence-electron chi connectivity index (χ4n) is 3.00. The van der Waals surface area contributed by atoms with Gasteiger partial charge in [-0.3, -0.25) is 0 Å². The average Bonchev–Trinajstić information content (AvgIpc) is 2.89. The predicted molar refractivity (Wildman–Crippen MR) is 94.2 cm³/mol.